The smallest absolute Gasteiger partial charge is 0.266 e. The van der Waals surface area contributed by atoms with E-state index in [0.29, 0.717) is 40.6 Å². The standard InChI is InChI=1S/C29H30BrN3O3/c1-20(2)17-18-32(27(34)19-36-24-9-5-4-6-10-24)21(3)28-31-26-12-8-7-11-25(26)29(35)33(28)23-15-13-22(30)14-16-23/h4-16,20-21H,17-19H2,1-3H3. The molecule has 0 aliphatic carbocycles. The largest absolute Gasteiger partial charge is 0.484 e. The van der Waals surface area contributed by atoms with E-state index < -0.39 is 6.04 Å². The summed E-state index contributed by atoms with van der Waals surface area (Å²) in [5.74, 6) is 1.40. The second-order valence-corrected chi connectivity index (χ2v) is 10.1. The number of carbonyl (C=O) groups is 1. The van der Waals surface area contributed by atoms with Crippen molar-refractivity contribution in [2.45, 2.75) is 33.2 Å². The number of benzene rings is 3. The highest BCUT2D eigenvalue weighted by Gasteiger charge is 2.27. The van der Waals surface area contributed by atoms with E-state index in [1.54, 1.807) is 15.5 Å². The van der Waals surface area contributed by atoms with Gasteiger partial charge >= 0.3 is 0 Å². The molecule has 4 aromatic rings. The molecule has 0 aliphatic rings. The van der Waals surface area contributed by atoms with E-state index in [-0.39, 0.29) is 18.1 Å². The zero-order valence-corrected chi connectivity index (χ0v) is 22.3. The zero-order valence-electron chi connectivity index (χ0n) is 20.7. The molecule has 0 spiro atoms. The van der Waals surface area contributed by atoms with Crippen LogP contribution >= 0.6 is 15.9 Å². The molecular formula is C29H30BrN3O3. The maximum Gasteiger partial charge on any atom is 0.266 e. The molecule has 0 radical (unpaired) electrons. The predicted octanol–water partition coefficient (Wildman–Crippen LogP) is 6.16. The SMILES string of the molecule is CC(C)CCN(C(=O)COc1ccccc1)C(C)c1nc2ccccc2c(=O)n1-c1ccc(Br)cc1. The number of amides is 1. The lowest BCUT2D eigenvalue weighted by Gasteiger charge is -2.31. The minimum Gasteiger partial charge on any atom is -0.484 e. The summed E-state index contributed by atoms with van der Waals surface area (Å²) in [5.41, 5.74) is 1.14. The first kappa shape index (κ1) is 25.6. The van der Waals surface area contributed by atoms with Crippen LogP contribution in [-0.4, -0.2) is 33.5 Å². The van der Waals surface area contributed by atoms with Gasteiger partial charge in [-0.1, -0.05) is 60.1 Å². The molecule has 1 heterocycles. The van der Waals surface area contributed by atoms with Crippen LogP contribution in [0.15, 0.2) is 88.1 Å². The van der Waals surface area contributed by atoms with Crippen LogP contribution < -0.4 is 10.3 Å². The second-order valence-electron chi connectivity index (χ2n) is 9.15. The normalized spacial score (nSPS) is 12.0. The number of aromatic nitrogens is 2. The van der Waals surface area contributed by atoms with Gasteiger partial charge in [0, 0.05) is 11.0 Å². The minimum absolute atomic E-state index is 0.0947. The molecule has 7 heteroatoms. The van der Waals surface area contributed by atoms with Crippen molar-refractivity contribution in [2.24, 2.45) is 5.92 Å². The lowest BCUT2D eigenvalue weighted by atomic mass is 10.1. The van der Waals surface area contributed by atoms with Crippen molar-refractivity contribution in [1.29, 1.82) is 0 Å². The summed E-state index contributed by atoms with van der Waals surface area (Å²) < 4.78 is 8.31. The lowest BCUT2D eigenvalue weighted by Crippen LogP contribution is -2.40. The highest BCUT2D eigenvalue weighted by molar-refractivity contribution is 9.10. The Balaban J connectivity index is 1.77. The van der Waals surface area contributed by atoms with Crippen LogP contribution in [0.3, 0.4) is 0 Å². The average Bonchev–Trinajstić information content (AvgIpc) is 2.88. The molecule has 1 atom stereocenters. The molecule has 0 saturated carbocycles. The van der Waals surface area contributed by atoms with E-state index in [1.165, 1.54) is 0 Å². The van der Waals surface area contributed by atoms with Crippen molar-refractivity contribution in [3.05, 3.63) is 99.5 Å². The highest BCUT2D eigenvalue weighted by atomic mass is 79.9. The average molecular weight is 548 g/mol. The third-order valence-electron chi connectivity index (χ3n) is 6.10. The number of rotatable bonds is 9. The summed E-state index contributed by atoms with van der Waals surface area (Å²) in [6.07, 6.45) is 0.817. The molecule has 1 unspecified atom stereocenters. The van der Waals surface area contributed by atoms with Crippen molar-refractivity contribution in [3.8, 4) is 11.4 Å². The van der Waals surface area contributed by atoms with Gasteiger partial charge in [0.15, 0.2) is 6.61 Å². The van der Waals surface area contributed by atoms with Crippen molar-refractivity contribution >= 4 is 32.7 Å². The van der Waals surface area contributed by atoms with Gasteiger partial charge in [0.2, 0.25) is 0 Å². The maximum absolute atomic E-state index is 13.7. The van der Waals surface area contributed by atoms with Crippen LogP contribution in [0, 0.1) is 5.92 Å². The Hall–Kier alpha value is -3.45. The first-order valence-corrected chi connectivity index (χ1v) is 12.9. The number of hydrogen-bond donors (Lipinski definition) is 0. The van der Waals surface area contributed by atoms with Gasteiger partial charge in [-0.3, -0.25) is 14.2 Å². The Bertz CT molecular complexity index is 1380. The molecule has 1 amide bonds. The van der Waals surface area contributed by atoms with E-state index in [9.17, 15) is 9.59 Å². The molecule has 0 aliphatic heterocycles. The van der Waals surface area contributed by atoms with Gasteiger partial charge in [0.25, 0.3) is 11.5 Å². The fourth-order valence-electron chi connectivity index (χ4n) is 4.09. The van der Waals surface area contributed by atoms with Gasteiger partial charge in [-0.25, -0.2) is 4.98 Å². The molecule has 36 heavy (non-hydrogen) atoms. The lowest BCUT2D eigenvalue weighted by molar-refractivity contribution is -0.136. The van der Waals surface area contributed by atoms with Crippen LogP contribution in [0.5, 0.6) is 5.75 Å². The Morgan fingerprint density at radius 3 is 2.33 bits per heavy atom. The van der Waals surface area contributed by atoms with Crippen LogP contribution in [-0.2, 0) is 4.79 Å². The van der Waals surface area contributed by atoms with E-state index in [0.717, 1.165) is 10.9 Å². The maximum atomic E-state index is 13.7. The minimum atomic E-state index is -0.462. The van der Waals surface area contributed by atoms with Crippen LogP contribution in [0.2, 0.25) is 0 Å². The van der Waals surface area contributed by atoms with Gasteiger partial charge < -0.3 is 9.64 Å². The third-order valence-corrected chi connectivity index (χ3v) is 6.63. The van der Waals surface area contributed by atoms with E-state index in [1.807, 2.05) is 79.7 Å². The van der Waals surface area contributed by atoms with Crippen LogP contribution in [0.25, 0.3) is 16.6 Å². The number of ether oxygens (including phenoxy) is 1. The quantitative estimate of drug-likeness (QED) is 0.251. The Morgan fingerprint density at radius 2 is 1.64 bits per heavy atom. The van der Waals surface area contributed by atoms with Crippen molar-refractivity contribution in [1.82, 2.24) is 14.5 Å². The first-order valence-electron chi connectivity index (χ1n) is 12.1. The summed E-state index contributed by atoms with van der Waals surface area (Å²) in [5, 5.41) is 0.531. The van der Waals surface area contributed by atoms with E-state index >= 15 is 0 Å². The van der Waals surface area contributed by atoms with Gasteiger partial charge in [0.05, 0.1) is 22.6 Å². The summed E-state index contributed by atoms with van der Waals surface area (Å²) >= 11 is 3.47. The number of halogens is 1. The molecule has 3 aromatic carbocycles. The van der Waals surface area contributed by atoms with Crippen LogP contribution in [0.4, 0.5) is 0 Å². The van der Waals surface area contributed by atoms with Gasteiger partial charge in [-0.2, -0.15) is 0 Å². The summed E-state index contributed by atoms with van der Waals surface area (Å²) in [4.78, 5) is 33.8. The van der Waals surface area contributed by atoms with Gasteiger partial charge in [-0.15, -0.1) is 0 Å². The van der Waals surface area contributed by atoms with Crippen LogP contribution in [0.1, 0.15) is 39.1 Å². The summed E-state index contributed by atoms with van der Waals surface area (Å²) in [6.45, 7) is 6.60. The predicted molar refractivity (Wildman–Crippen MR) is 147 cm³/mol. The van der Waals surface area contributed by atoms with Crippen molar-refractivity contribution in [3.63, 3.8) is 0 Å². The molecule has 0 fully saturated rings. The zero-order chi connectivity index (χ0) is 25.7. The monoisotopic (exact) mass is 547 g/mol. The third kappa shape index (κ3) is 5.85. The first-order chi connectivity index (χ1) is 17.3. The van der Waals surface area contributed by atoms with E-state index in [4.69, 9.17) is 9.72 Å². The van der Waals surface area contributed by atoms with Gasteiger partial charge in [-0.05, 0) is 67.8 Å². The number of para-hydroxylation sites is 2. The molecule has 0 N–H and O–H groups in total. The molecule has 0 bridgehead atoms. The van der Waals surface area contributed by atoms with Gasteiger partial charge in [0.1, 0.15) is 11.6 Å². The number of hydrogen-bond acceptors (Lipinski definition) is 4. The summed E-state index contributed by atoms with van der Waals surface area (Å²) in [7, 11) is 0. The summed E-state index contributed by atoms with van der Waals surface area (Å²) in [6, 6.07) is 23.7. The fraction of sp³-hybridized carbons (Fsp3) is 0.276. The van der Waals surface area contributed by atoms with Crippen molar-refractivity contribution < 1.29 is 9.53 Å². The number of carbonyl (C=O) groups excluding carboxylic acids is 1. The Kier molecular flexibility index (Phi) is 8.21. The van der Waals surface area contributed by atoms with E-state index in [2.05, 4.69) is 29.8 Å². The molecular weight excluding hydrogens is 518 g/mol. The second kappa shape index (κ2) is 11.5. The number of nitrogens with zero attached hydrogens (tertiary/aromatic N) is 3. The fourth-order valence-corrected chi connectivity index (χ4v) is 4.35. The molecule has 186 valence electrons. The number of fused-ring (bicyclic) bond motifs is 1. The molecule has 1 aromatic heterocycles. The highest BCUT2D eigenvalue weighted by Crippen LogP contribution is 2.25. The molecule has 0 saturated heterocycles. The molecule has 4 rings (SSSR count). The Morgan fingerprint density at radius 1 is 0.972 bits per heavy atom. The van der Waals surface area contributed by atoms with Crippen molar-refractivity contribution in [2.75, 3.05) is 13.2 Å². The Labute approximate surface area is 219 Å². The topological polar surface area (TPSA) is 64.4 Å². The molecule has 6 nitrogen and oxygen atoms in total.